The summed E-state index contributed by atoms with van der Waals surface area (Å²) in [5.41, 5.74) is 1.31. The van der Waals surface area contributed by atoms with Gasteiger partial charge in [0, 0.05) is 5.56 Å². The van der Waals surface area contributed by atoms with E-state index in [1.807, 2.05) is 0 Å². The number of quaternary nitrogens is 1. The number of ether oxygens (including phenoxy) is 1. The van der Waals surface area contributed by atoms with Crippen molar-refractivity contribution in [3.8, 4) is 5.75 Å². The Bertz CT molecular complexity index is 983. The minimum absolute atomic E-state index is 0.0899. The Morgan fingerprint density at radius 1 is 1.17 bits per heavy atom. The van der Waals surface area contributed by atoms with Crippen LogP contribution in [0, 0.1) is 6.92 Å². The molecule has 8 heteroatoms. The molecular formula is C21H28N3O4S+. The fourth-order valence-electron chi connectivity index (χ4n) is 3.51. The Morgan fingerprint density at radius 2 is 1.86 bits per heavy atom. The number of hydrogen-bond acceptors (Lipinski definition) is 4. The molecule has 0 atom stereocenters. The van der Waals surface area contributed by atoms with Gasteiger partial charge in [-0.1, -0.05) is 18.2 Å². The third-order valence-corrected chi connectivity index (χ3v) is 6.84. The summed E-state index contributed by atoms with van der Waals surface area (Å²) in [6.45, 7) is 8.08. The van der Waals surface area contributed by atoms with Crippen molar-refractivity contribution >= 4 is 21.6 Å². The Balaban J connectivity index is 1.85. The van der Waals surface area contributed by atoms with Crippen molar-refractivity contribution in [3.05, 3.63) is 53.6 Å². The first-order valence-electron chi connectivity index (χ1n) is 9.75. The normalized spacial score (nSPS) is 15.2. The molecule has 156 valence electrons. The summed E-state index contributed by atoms with van der Waals surface area (Å²) in [5, 5.41) is 0. The predicted molar refractivity (Wildman–Crippen MR) is 112 cm³/mol. The van der Waals surface area contributed by atoms with E-state index in [4.69, 9.17) is 4.74 Å². The van der Waals surface area contributed by atoms with Crippen molar-refractivity contribution in [3.63, 3.8) is 0 Å². The molecule has 2 aromatic rings. The maximum atomic E-state index is 13.0. The molecule has 1 fully saturated rings. The second-order valence-corrected chi connectivity index (χ2v) is 8.83. The first-order chi connectivity index (χ1) is 13.9. The summed E-state index contributed by atoms with van der Waals surface area (Å²) >= 11 is 0. The van der Waals surface area contributed by atoms with Crippen LogP contribution in [0.1, 0.15) is 22.8 Å². The van der Waals surface area contributed by atoms with E-state index in [0.717, 1.165) is 19.6 Å². The molecule has 1 heterocycles. The average molecular weight is 419 g/mol. The molecule has 1 amide bonds. The van der Waals surface area contributed by atoms with Gasteiger partial charge in [-0.15, -0.1) is 0 Å². The fourth-order valence-corrected chi connectivity index (χ4v) is 4.86. The molecule has 29 heavy (non-hydrogen) atoms. The van der Waals surface area contributed by atoms with E-state index >= 15 is 0 Å². The van der Waals surface area contributed by atoms with Crippen LogP contribution in [-0.2, 0) is 10.0 Å². The van der Waals surface area contributed by atoms with E-state index in [1.54, 1.807) is 48.2 Å². The molecule has 1 aliphatic heterocycles. The largest absolute Gasteiger partial charge is 0.495 e. The topological polar surface area (TPSA) is 80.2 Å². The number of anilines is 1. The third-order valence-electron chi connectivity index (χ3n) is 5.33. The number of sulfonamides is 1. The molecule has 2 N–H and O–H groups in total. The van der Waals surface area contributed by atoms with Crippen molar-refractivity contribution in [2.45, 2.75) is 18.7 Å². The lowest BCUT2D eigenvalue weighted by molar-refractivity contribution is -0.902. The molecule has 0 unspecified atom stereocenters. The lowest BCUT2D eigenvalue weighted by Gasteiger charge is -2.31. The van der Waals surface area contributed by atoms with Gasteiger partial charge in [0.25, 0.3) is 15.9 Å². The van der Waals surface area contributed by atoms with Crippen molar-refractivity contribution in [1.29, 1.82) is 0 Å². The molecule has 1 aliphatic rings. The van der Waals surface area contributed by atoms with Crippen LogP contribution < -0.4 is 14.4 Å². The number of methoxy groups -OCH3 is 1. The monoisotopic (exact) mass is 418 g/mol. The summed E-state index contributed by atoms with van der Waals surface area (Å²) in [5.74, 6) is 0.297. The SMILES string of the molecule is CC[NH+]1CCN(C(=O)c2ccc(C)c(S(=O)(=O)Nc3ccccc3OC)c2)CC1. The minimum Gasteiger partial charge on any atom is -0.495 e. The minimum atomic E-state index is -3.88. The zero-order valence-corrected chi connectivity index (χ0v) is 17.9. The molecule has 0 radical (unpaired) electrons. The standard InChI is InChI=1S/C21H27N3O4S/c1-4-23-11-13-24(14-12-23)21(25)17-10-9-16(2)20(15-17)29(26,27)22-18-7-5-6-8-19(18)28-3/h5-10,15,22H,4,11-14H2,1-3H3/p+1. The van der Waals surface area contributed by atoms with Gasteiger partial charge in [0.05, 0.1) is 50.4 Å². The average Bonchev–Trinajstić information content (AvgIpc) is 2.73. The van der Waals surface area contributed by atoms with E-state index in [-0.39, 0.29) is 10.8 Å². The first-order valence-corrected chi connectivity index (χ1v) is 11.2. The number of para-hydroxylation sites is 2. The first kappa shape index (κ1) is 21.1. The highest BCUT2D eigenvalue weighted by Gasteiger charge is 2.26. The smallest absolute Gasteiger partial charge is 0.262 e. The van der Waals surface area contributed by atoms with Gasteiger partial charge in [-0.05, 0) is 43.7 Å². The molecule has 0 saturated carbocycles. The number of likely N-dealkylation sites (N-methyl/N-ethyl adjacent to an activating group) is 1. The number of rotatable bonds is 6. The van der Waals surface area contributed by atoms with Crippen LogP contribution in [0.25, 0.3) is 0 Å². The van der Waals surface area contributed by atoms with E-state index < -0.39 is 10.0 Å². The van der Waals surface area contributed by atoms with Crippen molar-refractivity contribution < 1.29 is 22.8 Å². The number of aryl methyl sites for hydroxylation is 1. The molecule has 0 bridgehead atoms. The highest BCUT2D eigenvalue weighted by molar-refractivity contribution is 7.92. The van der Waals surface area contributed by atoms with Crippen LogP contribution in [0.4, 0.5) is 5.69 Å². The second-order valence-electron chi connectivity index (χ2n) is 7.18. The van der Waals surface area contributed by atoms with Crippen molar-refractivity contribution in [1.82, 2.24) is 4.90 Å². The van der Waals surface area contributed by atoms with Gasteiger partial charge in [-0.25, -0.2) is 8.42 Å². The number of nitrogens with zero attached hydrogens (tertiary/aromatic N) is 1. The summed E-state index contributed by atoms with van der Waals surface area (Å²) < 4.78 is 33.9. The number of piperazine rings is 1. The van der Waals surface area contributed by atoms with Gasteiger partial charge in [0.1, 0.15) is 5.75 Å². The molecule has 0 spiro atoms. The van der Waals surface area contributed by atoms with Crippen LogP contribution in [0.5, 0.6) is 5.75 Å². The highest BCUT2D eigenvalue weighted by Crippen LogP contribution is 2.27. The lowest BCUT2D eigenvalue weighted by Crippen LogP contribution is -3.14. The molecule has 1 saturated heterocycles. The van der Waals surface area contributed by atoms with Crippen LogP contribution in [-0.4, -0.2) is 59.1 Å². The number of carbonyl (C=O) groups is 1. The van der Waals surface area contributed by atoms with Gasteiger partial charge >= 0.3 is 0 Å². The molecule has 3 rings (SSSR count). The third kappa shape index (κ3) is 4.71. The summed E-state index contributed by atoms with van der Waals surface area (Å²) in [7, 11) is -2.40. The Hall–Kier alpha value is -2.58. The quantitative estimate of drug-likeness (QED) is 0.738. The maximum Gasteiger partial charge on any atom is 0.262 e. The predicted octanol–water partition coefficient (Wildman–Crippen LogP) is 1.17. The van der Waals surface area contributed by atoms with Gasteiger partial charge in [0.15, 0.2) is 0 Å². The van der Waals surface area contributed by atoms with Gasteiger partial charge < -0.3 is 14.5 Å². The highest BCUT2D eigenvalue weighted by atomic mass is 32.2. The van der Waals surface area contributed by atoms with Gasteiger partial charge in [0.2, 0.25) is 0 Å². The lowest BCUT2D eigenvalue weighted by atomic mass is 10.1. The Labute approximate surface area is 172 Å². The number of nitrogens with one attached hydrogen (secondary N) is 2. The van der Waals surface area contributed by atoms with Gasteiger partial charge in [-0.2, -0.15) is 0 Å². The molecule has 0 aromatic heterocycles. The summed E-state index contributed by atoms with van der Waals surface area (Å²) in [6.07, 6.45) is 0. The number of hydrogen-bond donors (Lipinski definition) is 2. The summed E-state index contributed by atoms with van der Waals surface area (Å²) in [4.78, 5) is 16.3. The zero-order chi connectivity index (χ0) is 21.0. The van der Waals surface area contributed by atoms with E-state index in [1.165, 1.54) is 18.1 Å². The fraction of sp³-hybridized carbons (Fsp3) is 0.381. The van der Waals surface area contributed by atoms with Crippen LogP contribution in [0.15, 0.2) is 47.4 Å². The van der Waals surface area contributed by atoms with Crippen LogP contribution in [0.3, 0.4) is 0 Å². The Morgan fingerprint density at radius 3 is 2.52 bits per heavy atom. The molecule has 0 aliphatic carbocycles. The maximum absolute atomic E-state index is 13.0. The van der Waals surface area contributed by atoms with E-state index in [0.29, 0.717) is 35.7 Å². The molecule has 7 nitrogen and oxygen atoms in total. The second kappa shape index (κ2) is 8.84. The van der Waals surface area contributed by atoms with Crippen LogP contribution >= 0.6 is 0 Å². The number of amides is 1. The van der Waals surface area contributed by atoms with E-state index in [9.17, 15) is 13.2 Å². The van der Waals surface area contributed by atoms with Crippen LogP contribution in [0.2, 0.25) is 0 Å². The zero-order valence-electron chi connectivity index (χ0n) is 17.1. The number of benzene rings is 2. The molecular weight excluding hydrogens is 390 g/mol. The van der Waals surface area contributed by atoms with Gasteiger partial charge in [-0.3, -0.25) is 9.52 Å². The summed E-state index contributed by atoms with van der Waals surface area (Å²) in [6, 6.07) is 11.6. The van der Waals surface area contributed by atoms with E-state index in [2.05, 4.69) is 11.6 Å². The Kier molecular flexibility index (Phi) is 6.44. The number of carbonyl (C=O) groups excluding carboxylic acids is 1. The van der Waals surface area contributed by atoms with Crippen molar-refractivity contribution in [2.75, 3.05) is 44.6 Å². The molecule has 2 aromatic carbocycles. The van der Waals surface area contributed by atoms with Crippen molar-refractivity contribution in [2.24, 2.45) is 0 Å².